The van der Waals surface area contributed by atoms with Crippen LogP contribution in [-0.2, 0) is 16.6 Å². The maximum atomic E-state index is 13.2. The van der Waals surface area contributed by atoms with E-state index in [0.29, 0.717) is 29.7 Å². The van der Waals surface area contributed by atoms with Crippen molar-refractivity contribution in [2.24, 2.45) is 7.05 Å². The van der Waals surface area contributed by atoms with Crippen LogP contribution in [0.2, 0.25) is 0 Å². The fourth-order valence-corrected chi connectivity index (χ4v) is 4.23. The molecule has 0 aromatic carbocycles. The summed E-state index contributed by atoms with van der Waals surface area (Å²) in [5.41, 5.74) is 4.59. The van der Waals surface area contributed by atoms with E-state index in [-0.39, 0.29) is 17.6 Å². The maximum absolute atomic E-state index is 13.2. The Bertz CT molecular complexity index is 949. The molecule has 27 heavy (non-hydrogen) atoms. The van der Waals surface area contributed by atoms with Crippen LogP contribution in [0.25, 0.3) is 10.9 Å². The van der Waals surface area contributed by atoms with Gasteiger partial charge in [0.2, 0.25) is 0 Å². The SMILES string of the molecule is Cc1cn(C)c2c(NN3CCC[C@H]3C=O)nn(N3CCC[C@H]3C=O)c(=O)c12. The number of aromatic nitrogens is 3. The van der Waals surface area contributed by atoms with Gasteiger partial charge in [-0.2, -0.15) is 0 Å². The number of nitrogens with zero attached hydrogens (tertiary/aromatic N) is 5. The molecule has 0 spiro atoms. The van der Waals surface area contributed by atoms with Gasteiger partial charge < -0.3 is 14.2 Å². The van der Waals surface area contributed by atoms with Gasteiger partial charge in [-0.15, -0.1) is 9.89 Å². The molecule has 4 rings (SSSR count). The molecule has 0 saturated carbocycles. The van der Waals surface area contributed by atoms with Crippen molar-refractivity contribution < 1.29 is 9.59 Å². The number of anilines is 1. The van der Waals surface area contributed by atoms with E-state index in [9.17, 15) is 14.4 Å². The van der Waals surface area contributed by atoms with E-state index >= 15 is 0 Å². The molecule has 2 fully saturated rings. The molecule has 2 aromatic rings. The van der Waals surface area contributed by atoms with Crippen molar-refractivity contribution in [3.8, 4) is 0 Å². The van der Waals surface area contributed by atoms with E-state index in [2.05, 4.69) is 10.5 Å². The number of aryl methyl sites for hydroxylation is 2. The molecule has 2 aliphatic rings. The average molecular weight is 372 g/mol. The zero-order valence-corrected chi connectivity index (χ0v) is 15.6. The Morgan fingerprint density at radius 1 is 1.15 bits per heavy atom. The third-order valence-corrected chi connectivity index (χ3v) is 5.56. The number of aldehydes is 2. The smallest absolute Gasteiger partial charge is 0.295 e. The summed E-state index contributed by atoms with van der Waals surface area (Å²) in [5.74, 6) is 0.519. The summed E-state index contributed by atoms with van der Waals surface area (Å²) in [6.45, 7) is 3.23. The third-order valence-electron chi connectivity index (χ3n) is 5.56. The second-order valence-electron chi connectivity index (χ2n) is 7.35. The fraction of sp³-hybridized carbons (Fsp3) is 0.556. The van der Waals surface area contributed by atoms with Crippen LogP contribution in [0, 0.1) is 6.92 Å². The molecule has 0 bridgehead atoms. The Labute approximate surface area is 156 Å². The summed E-state index contributed by atoms with van der Waals surface area (Å²) in [7, 11) is 1.87. The minimum Gasteiger partial charge on any atom is -0.347 e. The quantitative estimate of drug-likeness (QED) is 0.756. The highest BCUT2D eigenvalue weighted by Crippen LogP contribution is 2.26. The average Bonchev–Trinajstić information content (AvgIpc) is 3.36. The zero-order chi connectivity index (χ0) is 19.1. The number of hydrogen-bond donors (Lipinski definition) is 1. The molecule has 2 atom stereocenters. The van der Waals surface area contributed by atoms with Gasteiger partial charge >= 0.3 is 0 Å². The van der Waals surface area contributed by atoms with Crippen LogP contribution in [0.15, 0.2) is 11.0 Å². The van der Waals surface area contributed by atoms with Crippen LogP contribution in [-0.4, -0.2) is 57.2 Å². The normalized spacial score (nSPS) is 23.3. The van der Waals surface area contributed by atoms with Crippen molar-refractivity contribution >= 4 is 29.3 Å². The summed E-state index contributed by atoms with van der Waals surface area (Å²) in [5, 5.41) is 8.74. The summed E-state index contributed by atoms with van der Waals surface area (Å²) in [6, 6.07) is -0.558. The van der Waals surface area contributed by atoms with E-state index in [1.165, 1.54) is 4.79 Å². The molecule has 0 unspecified atom stereocenters. The molecule has 9 nitrogen and oxygen atoms in total. The monoisotopic (exact) mass is 372 g/mol. The number of hydrogen-bond acceptors (Lipinski definition) is 7. The van der Waals surface area contributed by atoms with Crippen LogP contribution in [0.1, 0.15) is 31.2 Å². The molecule has 2 aliphatic heterocycles. The van der Waals surface area contributed by atoms with E-state index in [0.717, 1.165) is 43.9 Å². The summed E-state index contributed by atoms with van der Waals surface area (Å²) >= 11 is 0. The maximum Gasteiger partial charge on any atom is 0.295 e. The number of fused-ring (bicyclic) bond motifs is 1. The van der Waals surface area contributed by atoms with Gasteiger partial charge in [-0.25, -0.2) is 5.01 Å². The first-order valence-corrected chi connectivity index (χ1v) is 9.35. The first kappa shape index (κ1) is 17.7. The lowest BCUT2D eigenvalue weighted by Crippen LogP contribution is -2.48. The van der Waals surface area contributed by atoms with Crippen LogP contribution < -0.4 is 16.0 Å². The molecule has 144 valence electrons. The predicted octanol–water partition coefficient (Wildman–Crippen LogP) is 0.333. The van der Waals surface area contributed by atoms with Crippen LogP contribution in [0.4, 0.5) is 5.82 Å². The Morgan fingerprint density at radius 3 is 2.59 bits per heavy atom. The Morgan fingerprint density at radius 2 is 1.85 bits per heavy atom. The van der Waals surface area contributed by atoms with Gasteiger partial charge in [0, 0.05) is 26.3 Å². The van der Waals surface area contributed by atoms with Gasteiger partial charge in [0.25, 0.3) is 5.56 Å². The second kappa shape index (κ2) is 6.80. The van der Waals surface area contributed by atoms with Gasteiger partial charge in [-0.3, -0.25) is 15.2 Å². The van der Waals surface area contributed by atoms with Gasteiger partial charge in [-0.05, 0) is 38.2 Å². The number of rotatable bonds is 5. The van der Waals surface area contributed by atoms with E-state index < -0.39 is 0 Å². The lowest BCUT2D eigenvalue weighted by molar-refractivity contribution is -0.111. The molecule has 0 aliphatic carbocycles. The van der Waals surface area contributed by atoms with Gasteiger partial charge in [0.05, 0.1) is 11.4 Å². The van der Waals surface area contributed by atoms with Crippen LogP contribution in [0.3, 0.4) is 0 Å². The second-order valence-corrected chi connectivity index (χ2v) is 7.35. The highest BCUT2D eigenvalue weighted by molar-refractivity contribution is 5.91. The lowest BCUT2D eigenvalue weighted by atomic mass is 10.2. The summed E-state index contributed by atoms with van der Waals surface area (Å²) < 4.78 is 1.87. The molecular weight excluding hydrogens is 348 g/mol. The highest BCUT2D eigenvalue weighted by Gasteiger charge is 2.30. The van der Waals surface area contributed by atoms with E-state index in [4.69, 9.17) is 0 Å². The topological polar surface area (TPSA) is 92.5 Å². The first-order chi connectivity index (χ1) is 13.0. The molecule has 2 saturated heterocycles. The van der Waals surface area contributed by atoms with Crippen LogP contribution in [0.5, 0.6) is 0 Å². The predicted molar refractivity (Wildman–Crippen MR) is 101 cm³/mol. The number of hydrazine groups is 1. The number of carbonyl (C=O) groups excluding carboxylic acids is 2. The molecule has 4 heterocycles. The van der Waals surface area contributed by atoms with Gasteiger partial charge in [-0.1, -0.05) is 0 Å². The minimum absolute atomic E-state index is 0.210. The zero-order valence-electron chi connectivity index (χ0n) is 15.6. The first-order valence-electron chi connectivity index (χ1n) is 9.35. The van der Waals surface area contributed by atoms with E-state index in [1.807, 2.05) is 29.7 Å². The van der Waals surface area contributed by atoms with Crippen LogP contribution >= 0.6 is 0 Å². The molecule has 2 aromatic heterocycles. The van der Waals surface area contributed by atoms with Crippen molar-refractivity contribution in [1.82, 2.24) is 19.5 Å². The standard InChI is InChI=1S/C18H24N6O3/c1-12-9-21(2)16-15(12)18(27)24(23-8-4-6-14(23)11-26)20-17(16)19-22-7-3-5-13(22)10-25/h9-11,13-14H,3-8H2,1-2H3,(H,19,20)/t13-,14-/m0/s1. The Balaban J connectivity index is 1.86. The minimum atomic E-state index is -0.348. The number of carbonyl (C=O) groups is 2. The van der Waals surface area contributed by atoms with Gasteiger partial charge in [0.15, 0.2) is 5.82 Å². The molecule has 9 heteroatoms. The Hall–Kier alpha value is -2.68. The van der Waals surface area contributed by atoms with Crippen molar-refractivity contribution in [1.29, 1.82) is 0 Å². The molecule has 0 radical (unpaired) electrons. The van der Waals surface area contributed by atoms with Gasteiger partial charge in [0.1, 0.15) is 24.1 Å². The summed E-state index contributed by atoms with van der Waals surface area (Å²) in [6.07, 6.45) is 6.98. The third kappa shape index (κ3) is 2.82. The van der Waals surface area contributed by atoms with Crippen molar-refractivity contribution in [2.75, 3.05) is 23.5 Å². The fourth-order valence-electron chi connectivity index (χ4n) is 4.23. The lowest BCUT2D eigenvalue weighted by Gasteiger charge is -2.26. The van der Waals surface area contributed by atoms with Crippen molar-refractivity contribution in [3.63, 3.8) is 0 Å². The van der Waals surface area contributed by atoms with Crippen molar-refractivity contribution in [3.05, 3.63) is 22.1 Å². The molecule has 0 amide bonds. The highest BCUT2D eigenvalue weighted by atomic mass is 16.2. The van der Waals surface area contributed by atoms with Crippen molar-refractivity contribution in [2.45, 2.75) is 44.7 Å². The molecule has 1 N–H and O–H groups in total. The Kier molecular flexibility index (Phi) is 4.47. The largest absolute Gasteiger partial charge is 0.347 e. The molecular formula is C18H24N6O3. The number of nitrogens with one attached hydrogen (secondary N) is 1. The van der Waals surface area contributed by atoms with E-state index in [1.54, 1.807) is 5.01 Å². The summed E-state index contributed by atoms with van der Waals surface area (Å²) in [4.78, 5) is 37.3.